The van der Waals surface area contributed by atoms with Gasteiger partial charge in [0.1, 0.15) is 6.61 Å². The zero-order chi connectivity index (χ0) is 15.7. The summed E-state index contributed by atoms with van der Waals surface area (Å²) in [5.41, 5.74) is 1.61. The number of urea groups is 1. The number of carboxylic acid groups (broad SMARTS) is 1. The molecule has 0 atom stereocenters. The molecule has 9 heteroatoms. The highest BCUT2D eigenvalue weighted by Gasteiger charge is 2.08. The lowest BCUT2D eigenvalue weighted by Gasteiger charge is -2.08. The number of hydrogen-bond donors (Lipinski definition) is 3. The summed E-state index contributed by atoms with van der Waals surface area (Å²) in [6, 6.07) is -0.498. The second-order valence-corrected chi connectivity index (χ2v) is 4.06. The number of hydrogen-bond acceptors (Lipinski definition) is 6. The number of carbonyl (C=O) groups excluding carboxylic acids is 1. The van der Waals surface area contributed by atoms with Crippen LogP contribution in [0.5, 0.6) is 0 Å². The zero-order valence-corrected chi connectivity index (χ0v) is 12.0. The maximum Gasteiger partial charge on any atom is 0.329 e. The number of nitrogens with one attached hydrogen (secondary N) is 2. The van der Waals surface area contributed by atoms with Crippen LogP contribution in [-0.4, -0.2) is 52.0 Å². The monoisotopic (exact) mass is 297 g/mol. The molecule has 1 rings (SSSR count). The summed E-state index contributed by atoms with van der Waals surface area (Å²) in [5, 5.41) is 21.1. The number of rotatable bonds is 8. The SMILES string of the molecule is CCc1nnc(NC(=O)NCCOCC(=O)O)nc1CC. The highest BCUT2D eigenvalue weighted by atomic mass is 16.5. The normalized spacial score (nSPS) is 10.2. The van der Waals surface area contributed by atoms with Crippen molar-refractivity contribution in [3.05, 3.63) is 11.4 Å². The molecule has 0 saturated carbocycles. The van der Waals surface area contributed by atoms with Crippen LogP contribution in [-0.2, 0) is 22.4 Å². The fraction of sp³-hybridized carbons (Fsp3) is 0.583. The fourth-order valence-corrected chi connectivity index (χ4v) is 1.53. The lowest BCUT2D eigenvalue weighted by atomic mass is 10.2. The van der Waals surface area contributed by atoms with E-state index < -0.39 is 18.6 Å². The quantitative estimate of drug-likeness (QED) is 0.586. The van der Waals surface area contributed by atoms with E-state index in [4.69, 9.17) is 9.84 Å². The maximum atomic E-state index is 11.6. The molecule has 0 saturated heterocycles. The molecule has 1 aromatic heterocycles. The number of aromatic nitrogens is 3. The molecule has 116 valence electrons. The first-order valence-electron chi connectivity index (χ1n) is 6.63. The molecular weight excluding hydrogens is 278 g/mol. The van der Waals surface area contributed by atoms with Crippen molar-refractivity contribution in [2.45, 2.75) is 26.7 Å². The van der Waals surface area contributed by atoms with E-state index in [1.54, 1.807) is 0 Å². The Labute approximate surface area is 122 Å². The summed E-state index contributed by atoms with van der Waals surface area (Å²) < 4.78 is 4.78. The molecule has 21 heavy (non-hydrogen) atoms. The Balaban J connectivity index is 2.39. The van der Waals surface area contributed by atoms with E-state index in [1.165, 1.54) is 0 Å². The first kappa shape index (κ1) is 16.8. The van der Waals surface area contributed by atoms with Crippen molar-refractivity contribution in [2.75, 3.05) is 25.1 Å². The fourth-order valence-electron chi connectivity index (χ4n) is 1.53. The van der Waals surface area contributed by atoms with Gasteiger partial charge in [0.15, 0.2) is 0 Å². The second kappa shape index (κ2) is 8.80. The van der Waals surface area contributed by atoms with E-state index in [0.717, 1.165) is 17.8 Å². The molecule has 0 fully saturated rings. The van der Waals surface area contributed by atoms with Gasteiger partial charge in [0.2, 0.25) is 0 Å². The van der Waals surface area contributed by atoms with Gasteiger partial charge in [0.25, 0.3) is 5.95 Å². The third kappa shape index (κ3) is 6.13. The van der Waals surface area contributed by atoms with E-state index in [0.29, 0.717) is 6.42 Å². The van der Waals surface area contributed by atoms with E-state index in [2.05, 4.69) is 25.8 Å². The van der Waals surface area contributed by atoms with Crippen molar-refractivity contribution in [3.63, 3.8) is 0 Å². The minimum Gasteiger partial charge on any atom is -0.480 e. The second-order valence-electron chi connectivity index (χ2n) is 4.06. The third-order valence-corrected chi connectivity index (χ3v) is 2.49. The number of carboxylic acids is 1. The van der Waals surface area contributed by atoms with Crippen molar-refractivity contribution in [1.29, 1.82) is 0 Å². The predicted octanol–water partition coefficient (Wildman–Crippen LogP) is 0.219. The molecule has 0 spiro atoms. The van der Waals surface area contributed by atoms with Crippen molar-refractivity contribution < 1.29 is 19.4 Å². The number of amides is 2. The van der Waals surface area contributed by atoms with Gasteiger partial charge in [0, 0.05) is 6.54 Å². The van der Waals surface area contributed by atoms with Crippen LogP contribution in [0.2, 0.25) is 0 Å². The summed E-state index contributed by atoms with van der Waals surface area (Å²) in [5.74, 6) is -0.921. The molecule has 0 radical (unpaired) electrons. The minimum absolute atomic E-state index is 0.105. The molecule has 0 aliphatic carbocycles. The lowest BCUT2D eigenvalue weighted by Crippen LogP contribution is -2.32. The molecule has 0 aliphatic heterocycles. The summed E-state index contributed by atoms with van der Waals surface area (Å²) in [6.07, 6.45) is 1.44. The Morgan fingerprint density at radius 1 is 1.19 bits per heavy atom. The van der Waals surface area contributed by atoms with Crippen molar-refractivity contribution in [3.8, 4) is 0 Å². The third-order valence-electron chi connectivity index (χ3n) is 2.49. The van der Waals surface area contributed by atoms with E-state index in [-0.39, 0.29) is 19.1 Å². The van der Waals surface area contributed by atoms with E-state index in [9.17, 15) is 9.59 Å². The molecule has 3 N–H and O–H groups in total. The van der Waals surface area contributed by atoms with Gasteiger partial charge in [-0.1, -0.05) is 13.8 Å². The Bertz CT molecular complexity index is 495. The van der Waals surface area contributed by atoms with Crippen LogP contribution in [0.1, 0.15) is 25.2 Å². The number of nitrogens with zero attached hydrogens (tertiary/aromatic N) is 3. The highest BCUT2D eigenvalue weighted by Crippen LogP contribution is 2.06. The Hall–Kier alpha value is -2.29. The van der Waals surface area contributed by atoms with Crippen LogP contribution in [0.15, 0.2) is 0 Å². The van der Waals surface area contributed by atoms with Crippen molar-refractivity contribution >= 4 is 17.9 Å². The smallest absolute Gasteiger partial charge is 0.329 e. The Morgan fingerprint density at radius 3 is 2.52 bits per heavy atom. The Morgan fingerprint density at radius 2 is 1.90 bits per heavy atom. The number of carbonyl (C=O) groups is 2. The van der Waals surface area contributed by atoms with Gasteiger partial charge in [-0.15, -0.1) is 10.2 Å². The van der Waals surface area contributed by atoms with Crippen LogP contribution in [0.3, 0.4) is 0 Å². The zero-order valence-electron chi connectivity index (χ0n) is 12.0. The lowest BCUT2D eigenvalue weighted by molar-refractivity contribution is -0.142. The average Bonchev–Trinajstić information content (AvgIpc) is 2.46. The summed E-state index contributed by atoms with van der Waals surface area (Å²) in [6.45, 7) is 3.80. The standard InChI is InChI=1S/C12H19N5O4/c1-3-8-9(4-2)16-17-11(14-8)15-12(20)13-5-6-21-7-10(18)19/h3-7H2,1-2H3,(H,18,19)(H2,13,14,15,17,20). The van der Waals surface area contributed by atoms with Gasteiger partial charge < -0.3 is 15.2 Å². The maximum absolute atomic E-state index is 11.6. The summed E-state index contributed by atoms with van der Waals surface area (Å²) in [7, 11) is 0. The van der Waals surface area contributed by atoms with Crippen molar-refractivity contribution in [1.82, 2.24) is 20.5 Å². The van der Waals surface area contributed by atoms with Crippen LogP contribution in [0, 0.1) is 0 Å². The first-order valence-corrected chi connectivity index (χ1v) is 6.63. The Kier molecular flexibility index (Phi) is 7.02. The molecule has 0 bridgehead atoms. The molecular formula is C12H19N5O4. The molecule has 2 amide bonds. The molecule has 1 aromatic rings. The van der Waals surface area contributed by atoms with Crippen LogP contribution >= 0.6 is 0 Å². The van der Waals surface area contributed by atoms with Gasteiger partial charge in [0.05, 0.1) is 18.0 Å². The highest BCUT2D eigenvalue weighted by molar-refractivity contribution is 5.87. The van der Waals surface area contributed by atoms with E-state index >= 15 is 0 Å². The van der Waals surface area contributed by atoms with Crippen LogP contribution in [0.4, 0.5) is 10.7 Å². The average molecular weight is 297 g/mol. The van der Waals surface area contributed by atoms with Gasteiger partial charge in [-0.3, -0.25) is 5.32 Å². The molecule has 1 heterocycles. The number of aryl methyl sites for hydroxylation is 2. The summed E-state index contributed by atoms with van der Waals surface area (Å²) in [4.78, 5) is 26.0. The van der Waals surface area contributed by atoms with Crippen LogP contribution < -0.4 is 10.6 Å². The minimum atomic E-state index is -1.05. The predicted molar refractivity (Wildman–Crippen MR) is 74.1 cm³/mol. The molecule has 0 aromatic carbocycles. The molecule has 0 aliphatic rings. The molecule has 0 unspecified atom stereocenters. The van der Waals surface area contributed by atoms with Gasteiger partial charge in [-0.05, 0) is 12.8 Å². The number of ether oxygens (including phenoxy) is 1. The largest absolute Gasteiger partial charge is 0.480 e. The van der Waals surface area contributed by atoms with Crippen LogP contribution in [0.25, 0.3) is 0 Å². The van der Waals surface area contributed by atoms with Gasteiger partial charge in [-0.2, -0.15) is 0 Å². The first-order chi connectivity index (χ1) is 10.1. The number of aliphatic carboxylic acids is 1. The van der Waals surface area contributed by atoms with Gasteiger partial charge in [-0.25, -0.2) is 14.6 Å². The van der Waals surface area contributed by atoms with E-state index in [1.807, 2.05) is 13.8 Å². The molecule has 9 nitrogen and oxygen atoms in total. The number of anilines is 1. The summed E-state index contributed by atoms with van der Waals surface area (Å²) >= 11 is 0. The van der Waals surface area contributed by atoms with Gasteiger partial charge >= 0.3 is 12.0 Å². The topological polar surface area (TPSA) is 126 Å². The van der Waals surface area contributed by atoms with Crippen molar-refractivity contribution in [2.24, 2.45) is 0 Å².